The zero-order valence-electron chi connectivity index (χ0n) is 11.1. The summed E-state index contributed by atoms with van der Waals surface area (Å²) in [5.41, 5.74) is 6.37. The van der Waals surface area contributed by atoms with Gasteiger partial charge in [0.15, 0.2) is 0 Å². The molecule has 2 N–H and O–H groups in total. The highest BCUT2D eigenvalue weighted by Gasteiger charge is 2.05. The van der Waals surface area contributed by atoms with Crippen LogP contribution in [-0.2, 0) is 0 Å². The highest BCUT2D eigenvalue weighted by Crippen LogP contribution is 2.24. The minimum atomic E-state index is 0.198. The molecule has 1 heterocycles. The van der Waals surface area contributed by atoms with Gasteiger partial charge in [-0.1, -0.05) is 6.92 Å². The number of nitrogens with two attached hydrogens (primary N) is 1. The molecule has 0 radical (unpaired) electrons. The predicted molar refractivity (Wildman–Crippen MR) is 73.5 cm³/mol. The number of aryl methyl sites for hydroxylation is 1. The van der Waals surface area contributed by atoms with Crippen LogP contribution in [-0.4, -0.2) is 16.6 Å². The lowest BCUT2D eigenvalue weighted by atomic mass is 10.3. The molecular formula is C14H17N3O2. The van der Waals surface area contributed by atoms with Crippen molar-refractivity contribution in [2.45, 2.75) is 20.3 Å². The lowest BCUT2D eigenvalue weighted by molar-refractivity contribution is 0.317. The first kappa shape index (κ1) is 13.1. The van der Waals surface area contributed by atoms with E-state index in [1.165, 1.54) is 0 Å². The maximum atomic E-state index is 5.66. The smallest absolute Gasteiger partial charge is 0.226 e. The van der Waals surface area contributed by atoms with E-state index in [1.807, 2.05) is 31.2 Å². The van der Waals surface area contributed by atoms with Crippen LogP contribution in [0.3, 0.4) is 0 Å². The van der Waals surface area contributed by atoms with Gasteiger partial charge >= 0.3 is 0 Å². The maximum absolute atomic E-state index is 5.66. The van der Waals surface area contributed by atoms with Gasteiger partial charge in [0.2, 0.25) is 11.8 Å². The van der Waals surface area contributed by atoms with Gasteiger partial charge in [-0.05, 0) is 37.6 Å². The molecule has 0 aliphatic heterocycles. The Balaban J connectivity index is 2.08. The van der Waals surface area contributed by atoms with Crippen molar-refractivity contribution in [3.8, 4) is 17.4 Å². The Labute approximate surface area is 112 Å². The predicted octanol–water partition coefficient (Wildman–Crippen LogP) is 2.95. The van der Waals surface area contributed by atoms with Crippen molar-refractivity contribution in [1.82, 2.24) is 9.97 Å². The third kappa shape index (κ3) is 3.58. The molecule has 2 aromatic rings. The SMILES string of the molecule is CCCOc1ccc(Oc2nc(N)ncc2C)cc1. The Hall–Kier alpha value is -2.30. The van der Waals surface area contributed by atoms with Gasteiger partial charge < -0.3 is 15.2 Å². The van der Waals surface area contributed by atoms with E-state index in [-0.39, 0.29) is 5.95 Å². The van der Waals surface area contributed by atoms with Crippen LogP contribution in [0, 0.1) is 6.92 Å². The van der Waals surface area contributed by atoms with E-state index in [1.54, 1.807) is 6.20 Å². The molecule has 1 aromatic carbocycles. The van der Waals surface area contributed by atoms with Gasteiger partial charge in [-0.3, -0.25) is 0 Å². The fraction of sp³-hybridized carbons (Fsp3) is 0.286. The second-order valence-corrected chi connectivity index (χ2v) is 4.14. The van der Waals surface area contributed by atoms with Crippen LogP contribution in [0.4, 0.5) is 5.95 Å². The van der Waals surface area contributed by atoms with Gasteiger partial charge in [0.1, 0.15) is 11.5 Å². The van der Waals surface area contributed by atoms with E-state index < -0.39 is 0 Å². The summed E-state index contributed by atoms with van der Waals surface area (Å²) in [6.45, 7) is 4.65. The molecule has 0 aliphatic rings. The lowest BCUT2D eigenvalue weighted by Crippen LogP contribution is -1.99. The lowest BCUT2D eigenvalue weighted by Gasteiger charge is -2.09. The average Bonchev–Trinajstić information content (AvgIpc) is 2.42. The molecule has 0 atom stereocenters. The Bertz CT molecular complexity index is 541. The van der Waals surface area contributed by atoms with Crippen LogP contribution in [0.15, 0.2) is 30.5 Å². The summed E-state index contributed by atoms with van der Waals surface area (Å²) in [4.78, 5) is 7.95. The van der Waals surface area contributed by atoms with Crippen molar-refractivity contribution in [3.63, 3.8) is 0 Å². The van der Waals surface area contributed by atoms with Crippen molar-refractivity contribution in [1.29, 1.82) is 0 Å². The van der Waals surface area contributed by atoms with Crippen LogP contribution in [0.5, 0.6) is 17.4 Å². The minimum absolute atomic E-state index is 0.198. The standard InChI is InChI=1S/C14H17N3O2/c1-3-8-18-11-4-6-12(7-5-11)19-13-10(2)9-16-14(15)17-13/h4-7,9H,3,8H2,1-2H3,(H2,15,16,17). The molecule has 0 fully saturated rings. The molecule has 1 aromatic heterocycles. The third-order valence-corrected chi connectivity index (χ3v) is 2.46. The second kappa shape index (κ2) is 6.04. The summed E-state index contributed by atoms with van der Waals surface area (Å²) in [5.74, 6) is 2.18. The Kier molecular flexibility index (Phi) is 4.18. The molecule has 0 spiro atoms. The summed E-state index contributed by atoms with van der Waals surface area (Å²) in [6.07, 6.45) is 2.62. The molecular weight excluding hydrogens is 242 g/mol. The number of anilines is 1. The normalized spacial score (nSPS) is 10.2. The molecule has 0 saturated carbocycles. The van der Waals surface area contributed by atoms with Gasteiger partial charge in [0.05, 0.1) is 6.61 Å². The van der Waals surface area contributed by atoms with Crippen LogP contribution in [0.2, 0.25) is 0 Å². The Morgan fingerprint density at radius 2 is 1.84 bits per heavy atom. The fourth-order valence-corrected chi connectivity index (χ4v) is 1.48. The van der Waals surface area contributed by atoms with E-state index in [2.05, 4.69) is 16.9 Å². The summed E-state index contributed by atoms with van der Waals surface area (Å²) >= 11 is 0. The number of nitrogens with zero attached hydrogens (tertiary/aromatic N) is 2. The Morgan fingerprint density at radius 1 is 1.16 bits per heavy atom. The van der Waals surface area contributed by atoms with Crippen LogP contribution in [0.1, 0.15) is 18.9 Å². The Morgan fingerprint density at radius 3 is 2.53 bits per heavy atom. The van der Waals surface area contributed by atoms with E-state index in [9.17, 15) is 0 Å². The highest BCUT2D eigenvalue weighted by atomic mass is 16.5. The zero-order valence-corrected chi connectivity index (χ0v) is 11.1. The first-order valence-electron chi connectivity index (χ1n) is 6.19. The zero-order chi connectivity index (χ0) is 13.7. The van der Waals surface area contributed by atoms with Crippen molar-refractivity contribution in [2.75, 3.05) is 12.3 Å². The minimum Gasteiger partial charge on any atom is -0.494 e. The van der Waals surface area contributed by atoms with Crippen molar-refractivity contribution in [2.24, 2.45) is 0 Å². The first-order chi connectivity index (χ1) is 9.19. The number of hydrogen-bond acceptors (Lipinski definition) is 5. The van der Waals surface area contributed by atoms with Crippen LogP contribution in [0.25, 0.3) is 0 Å². The van der Waals surface area contributed by atoms with Gasteiger partial charge in [0, 0.05) is 11.8 Å². The van der Waals surface area contributed by atoms with Crippen molar-refractivity contribution >= 4 is 5.95 Å². The summed E-state index contributed by atoms with van der Waals surface area (Å²) in [6, 6.07) is 7.40. The van der Waals surface area contributed by atoms with E-state index in [4.69, 9.17) is 15.2 Å². The number of benzene rings is 1. The second-order valence-electron chi connectivity index (χ2n) is 4.14. The third-order valence-electron chi connectivity index (χ3n) is 2.46. The first-order valence-corrected chi connectivity index (χ1v) is 6.19. The van der Waals surface area contributed by atoms with Gasteiger partial charge in [-0.25, -0.2) is 4.98 Å². The van der Waals surface area contributed by atoms with Crippen molar-refractivity contribution in [3.05, 3.63) is 36.0 Å². The summed E-state index contributed by atoms with van der Waals surface area (Å²) in [7, 11) is 0. The molecule has 100 valence electrons. The molecule has 0 aliphatic carbocycles. The molecule has 0 amide bonds. The molecule has 5 heteroatoms. The molecule has 0 unspecified atom stereocenters. The number of ether oxygens (including phenoxy) is 2. The van der Waals surface area contributed by atoms with E-state index in [0.717, 1.165) is 17.7 Å². The summed E-state index contributed by atoms with van der Waals surface area (Å²) < 4.78 is 11.2. The number of nitrogen functional groups attached to an aromatic ring is 1. The molecule has 0 bridgehead atoms. The number of rotatable bonds is 5. The molecule has 2 rings (SSSR count). The molecule has 19 heavy (non-hydrogen) atoms. The summed E-state index contributed by atoms with van der Waals surface area (Å²) in [5, 5.41) is 0. The largest absolute Gasteiger partial charge is 0.494 e. The van der Waals surface area contributed by atoms with Crippen molar-refractivity contribution < 1.29 is 9.47 Å². The monoisotopic (exact) mass is 259 g/mol. The highest BCUT2D eigenvalue weighted by molar-refractivity contribution is 5.36. The van der Waals surface area contributed by atoms with Gasteiger partial charge in [-0.2, -0.15) is 4.98 Å². The van der Waals surface area contributed by atoms with Gasteiger partial charge in [-0.15, -0.1) is 0 Å². The van der Waals surface area contributed by atoms with Gasteiger partial charge in [0.25, 0.3) is 0 Å². The maximum Gasteiger partial charge on any atom is 0.226 e. The van der Waals surface area contributed by atoms with E-state index >= 15 is 0 Å². The average molecular weight is 259 g/mol. The van der Waals surface area contributed by atoms with Crippen LogP contribution >= 0.6 is 0 Å². The topological polar surface area (TPSA) is 70.3 Å². The molecule has 0 saturated heterocycles. The number of aromatic nitrogens is 2. The fourth-order valence-electron chi connectivity index (χ4n) is 1.48. The molecule has 5 nitrogen and oxygen atoms in total. The quantitative estimate of drug-likeness (QED) is 0.893. The van der Waals surface area contributed by atoms with E-state index in [0.29, 0.717) is 18.2 Å². The number of hydrogen-bond donors (Lipinski definition) is 1. The van der Waals surface area contributed by atoms with Crippen LogP contribution < -0.4 is 15.2 Å².